The van der Waals surface area contributed by atoms with E-state index in [4.69, 9.17) is 4.74 Å². The van der Waals surface area contributed by atoms with E-state index in [0.29, 0.717) is 12.2 Å². The number of thioether (sulfide) groups is 1. The molecule has 0 unspecified atom stereocenters. The Morgan fingerprint density at radius 2 is 1.89 bits per heavy atom. The molecule has 0 aromatic rings. The zero-order valence-electron chi connectivity index (χ0n) is 11.9. The smallest absolute Gasteiger partial charge is 0.338 e. The highest BCUT2D eigenvalue weighted by Crippen LogP contribution is 2.30. The maximum absolute atomic E-state index is 12.0. The predicted molar refractivity (Wildman–Crippen MR) is 73.3 cm³/mol. The van der Waals surface area contributed by atoms with Crippen LogP contribution in [-0.4, -0.2) is 34.2 Å². The third-order valence-electron chi connectivity index (χ3n) is 2.65. The van der Waals surface area contributed by atoms with E-state index in [1.807, 2.05) is 20.8 Å². The first-order valence-corrected chi connectivity index (χ1v) is 7.32. The monoisotopic (exact) mass is 276 g/mol. The number of hydrogen-bond donors (Lipinski definition) is 1. The van der Waals surface area contributed by atoms with Crippen LogP contribution in [0, 0.1) is 11.8 Å². The molecule has 0 rings (SSSR count). The number of esters is 1. The van der Waals surface area contributed by atoms with Gasteiger partial charge in [0, 0.05) is 0 Å². The van der Waals surface area contributed by atoms with Crippen LogP contribution in [0.25, 0.3) is 0 Å². The highest BCUT2D eigenvalue weighted by atomic mass is 32.2. The maximum Gasteiger partial charge on any atom is 0.338 e. The van der Waals surface area contributed by atoms with Gasteiger partial charge in [0.25, 0.3) is 0 Å². The van der Waals surface area contributed by atoms with Crippen LogP contribution in [0.15, 0.2) is 0 Å². The van der Waals surface area contributed by atoms with Gasteiger partial charge in [-0.1, -0.05) is 32.5 Å². The number of ether oxygens (including phenoxy) is 1. The Morgan fingerprint density at radius 3 is 2.28 bits per heavy atom. The first kappa shape index (κ1) is 17.4. The second-order valence-corrected chi connectivity index (χ2v) is 6.07. The molecule has 0 saturated carbocycles. The van der Waals surface area contributed by atoms with Crippen molar-refractivity contribution in [2.75, 3.05) is 12.4 Å². The normalized spacial score (nSPS) is 16.2. The van der Waals surface area contributed by atoms with Crippen molar-refractivity contribution in [3.05, 3.63) is 0 Å². The Labute approximate surface area is 113 Å². The second-order valence-electron chi connectivity index (χ2n) is 4.80. The lowest BCUT2D eigenvalue weighted by molar-refractivity contribution is -0.171. The minimum atomic E-state index is -1.75. The zero-order chi connectivity index (χ0) is 14.3. The van der Waals surface area contributed by atoms with Crippen LogP contribution in [0.4, 0.5) is 0 Å². The summed E-state index contributed by atoms with van der Waals surface area (Å²) in [6.07, 6.45) is 0.470. The van der Waals surface area contributed by atoms with E-state index >= 15 is 0 Å². The number of hydrogen-bond acceptors (Lipinski definition) is 5. The second kappa shape index (κ2) is 7.79. The van der Waals surface area contributed by atoms with E-state index in [1.54, 1.807) is 6.92 Å². The third-order valence-corrected chi connectivity index (χ3v) is 3.50. The molecule has 0 heterocycles. The fourth-order valence-corrected chi connectivity index (χ4v) is 2.50. The van der Waals surface area contributed by atoms with Crippen LogP contribution in [0.2, 0.25) is 0 Å². The summed E-state index contributed by atoms with van der Waals surface area (Å²) in [6, 6.07) is 0. The molecule has 0 saturated heterocycles. The van der Waals surface area contributed by atoms with E-state index in [-0.39, 0.29) is 17.6 Å². The predicted octanol–water partition coefficient (Wildman–Crippen LogP) is 2.24. The van der Waals surface area contributed by atoms with E-state index in [0.717, 1.165) is 11.8 Å². The third kappa shape index (κ3) is 4.98. The van der Waals surface area contributed by atoms with Crippen molar-refractivity contribution >= 4 is 22.8 Å². The molecule has 0 aliphatic carbocycles. The molecule has 0 fully saturated rings. The number of rotatable bonds is 7. The van der Waals surface area contributed by atoms with Gasteiger partial charge in [-0.05, 0) is 31.9 Å². The minimum Gasteiger partial charge on any atom is -0.464 e. The molecule has 0 aromatic heterocycles. The summed E-state index contributed by atoms with van der Waals surface area (Å²) in [5.41, 5.74) is -1.75. The highest BCUT2D eigenvalue weighted by Gasteiger charge is 2.44. The number of carbonyl (C=O) groups excluding carboxylic acids is 2. The molecule has 4 nitrogen and oxygen atoms in total. The van der Waals surface area contributed by atoms with Gasteiger partial charge >= 0.3 is 5.97 Å². The molecule has 5 heteroatoms. The minimum absolute atomic E-state index is 0.149. The maximum atomic E-state index is 12.0. The lowest BCUT2D eigenvalue weighted by Crippen LogP contribution is -2.47. The topological polar surface area (TPSA) is 63.6 Å². The zero-order valence-corrected chi connectivity index (χ0v) is 12.7. The van der Waals surface area contributed by atoms with Crippen LogP contribution >= 0.6 is 11.8 Å². The van der Waals surface area contributed by atoms with Crippen LogP contribution in [0.5, 0.6) is 0 Å². The van der Waals surface area contributed by atoms with E-state index < -0.39 is 17.5 Å². The summed E-state index contributed by atoms with van der Waals surface area (Å²) >= 11 is 1.14. The first-order chi connectivity index (χ1) is 8.27. The molecule has 0 amide bonds. The Morgan fingerprint density at radius 1 is 1.33 bits per heavy atom. The van der Waals surface area contributed by atoms with Crippen molar-refractivity contribution in [1.29, 1.82) is 0 Å². The first-order valence-electron chi connectivity index (χ1n) is 6.33. The summed E-state index contributed by atoms with van der Waals surface area (Å²) in [5.74, 6) is -0.591. The van der Waals surface area contributed by atoms with Gasteiger partial charge in [0.15, 0.2) is 10.7 Å². The average Bonchev–Trinajstić information content (AvgIpc) is 2.26. The summed E-state index contributed by atoms with van der Waals surface area (Å²) in [7, 11) is 0. The standard InChI is InChI=1S/C13H24O4S/c1-6-17-12(15)13(5,16)10(8-9(3)4)11(14)18-7-2/h9-10,16H,6-8H2,1-5H3/t10-,13+/m1/s1. The quantitative estimate of drug-likeness (QED) is 0.722. The van der Waals surface area contributed by atoms with E-state index in [1.165, 1.54) is 6.92 Å². The van der Waals surface area contributed by atoms with Gasteiger partial charge < -0.3 is 9.84 Å². The van der Waals surface area contributed by atoms with Crippen molar-refractivity contribution in [3.8, 4) is 0 Å². The fraction of sp³-hybridized carbons (Fsp3) is 0.846. The molecule has 0 aromatic carbocycles. The summed E-state index contributed by atoms with van der Waals surface area (Å²) in [6.45, 7) is 9.02. The molecular weight excluding hydrogens is 252 g/mol. The van der Waals surface area contributed by atoms with Crippen molar-refractivity contribution < 1.29 is 19.4 Å². The molecule has 18 heavy (non-hydrogen) atoms. The van der Waals surface area contributed by atoms with Gasteiger partial charge in [-0.15, -0.1) is 0 Å². The lowest BCUT2D eigenvalue weighted by Gasteiger charge is -2.30. The summed E-state index contributed by atoms with van der Waals surface area (Å²) < 4.78 is 4.85. The van der Waals surface area contributed by atoms with Gasteiger partial charge in [-0.25, -0.2) is 4.79 Å². The van der Waals surface area contributed by atoms with Crippen molar-refractivity contribution in [2.24, 2.45) is 11.8 Å². The fourth-order valence-electron chi connectivity index (χ4n) is 1.69. The highest BCUT2D eigenvalue weighted by molar-refractivity contribution is 8.13. The van der Waals surface area contributed by atoms with Gasteiger partial charge in [0.05, 0.1) is 12.5 Å². The van der Waals surface area contributed by atoms with Gasteiger partial charge in [-0.2, -0.15) is 0 Å². The van der Waals surface area contributed by atoms with Crippen LogP contribution in [-0.2, 0) is 14.3 Å². The SMILES string of the molecule is CCOC(=O)[C@@](C)(O)[C@H](CC(C)C)C(=O)SCC. The summed E-state index contributed by atoms with van der Waals surface area (Å²) in [4.78, 5) is 23.8. The molecule has 1 N–H and O–H groups in total. The van der Waals surface area contributed by atoms with Crippen LogP contribution < -0.4 is 0 Å². The Hall–Kier alpha value is -0.550. The molecular formula is C13H24O4S. The van der Waals surface area contributed by atoms with Gasteiger partial charge in [0.1, 0.15) is 0 Å². The van der Waals surface area contributed by atoms with Gasteiger partial charge in [-0.3, -0.25) is 4.79 Å². The van der Waals surface area contributed by atoms with Gasteiger partial charge in [0.2, 0.25) is 0 Å². The lowest BCUT2D eigenvalue weighted by atomic mass is 9.83. The average molecular weight is 276 g/mol. The van der Waals surface area contributed by atoms with Crippen molar-refractivity contribution in [1.82, 2.24) is 0 Å². The molecule has 0 aliphatic heterocycles. The summed E-state index contributed by atoms with van der Waals surface area (Å²) in [5, 5.41) is 10.2. The van der Waals surface area contributed by atoms with Crippen LogP contribution in [0.3, 0.4) is 0 Å². The molecule has 0 aliphatic rings. The largest absolute Gasteiger partial charge is 0.464 e. The number of carbonyl (C=O) groups is 2. The molecule has 0 radical (unpaired) electrons. The molecule has 2 atom stereocenters. The molecule has 106 valence electrons. The van der Waals surface area contributed by atoms with Crippen molar-refractivity contribution in [2.45, 2.75) is 46.6 Å². The number of aliphatic hydroxyl groups is 1. The van der Waals surface area contributed by atoms with E-state index in [2.05, 4.69) is 0 Å². The Balaban J connectivity index is 5.03. The van der Waals surface area contributed by atoms with E-state index in [9.17, 15) is 14.7 Å². The van der Waals surface area contributed by atoms with Crippen LogP contribution in [0.1, 0.15) is 41.0 Å². The molecule has 0 spiro atoms. The Bertz CT molecular complexity index is 287. The molecule has 0 bridgehead atoms. The Kier molecular flexibility index (Phi) is 7.55. The van der Waals surface area contributed by atoms with Crippen molar-refractivity contribution in [3.63, 3.8) is 0 Å².